The average Bonchev–Trinajstić information content (AvgIpc) is 2.03. The van der Waals surface area contributed by atoms with Crippen LogP contribution in [0.2, 0.25) is 0 Å². The van der Waals surface area contributed by atoms with Crippen molar-refractivity contribution in [2.45, 2.75) is 33.7 Å². The summed E-state index contributed by atoms with van der Waals surface area (Å²) in [6.07, 6.45) is 0.917. The molecule has 3 N–H and O–H groups in total. The standard InChI is InChI=1S/C5H11NO2.C4H8O/c1-3(2)4(6)5(7)8;1-4(2)3-5/h3-4H,6H2,1-2H3,(H,7,8);3-4H,1-2H3. The molecule has 4 heteroatoms. The largest absolute Gasteiger partial charge is 0.480 e. The second-order valence-electron chi connectivity index (χ2n) is 3.49. The molecule has 0 spiro atoms. The van der Waals surface area contributed by atoms with Gasteiger partial charge >= 0.3 is 5.97 Å². The Kier molecular flexibility index (Phi) is 8.69. The quantitative estimate of drug-likeness (QED) is 0.646. The lowest BCUT2D eigenvalue weighted by atomic mass is 10.1. The molecular weight excluding hydrogens is 170 g/mol. The highest BCUT2D eigenvalue weighted by Crippen LogP contribution is 1.96. The van der Waals surface area contributed by atoms with Crippen molar-refractivity contribution in [2.24, 2.45) is 17.6 Å². The van der Waals surface area contributed by atoms with Crippen molar-refractivity contribution < 1.29 is 14.7 Å². The molecule has 4 nitrogen and oxygen atoms in total. The minimum Gasteiger partial charge on any atom is -0.480 e. The third-order valence-electron chi connectivity index (χ3n) is 1.28. The second-order valence-corrected chi connectivity index (χ2v) is 3.49. The first-order valence-electron chi connectivity index (χ1n) is 4.26. The summed E-state index contributed by atoms with van der Waals surface area (Å²) in [5, 5.41) is 8.23. The van der Waals surface area contributed by atoms with E-state index in [0.29, 0.717) is 0 Å². The fourth-order valence-corrected chi connectivity index (χ4v) is 0.285. The van der Waals surface area contributed by atoms with E-state index >= 15 is 0 Å². The average molecular weight is 189 g/mol. The molecule has 0 amide bonds. The van der Waals surface area contributed by atoms with Crippen molar-refractivity contribution in [3.8, 4) is 0 Å². The van der Waals surface area contributed by atoms with Crippen LogP contribution in [-0.2, 0) is 9.59 Å². The van der Waals surface area contributed by atoms with Crippen molar-refractivity contribution in [1.82, 2.24) is 0 Å². The van der Waals surface area contributed by atoms with Gasteiger partial charge in [-0.15, -0.1) is 0 Å². The monoisotopic (exact) mass is 189 g/mol. The van der Waals surface area contributed by atoms with Crippen LogP contribution in [0.3, 0.4) is 0 Å². The highest BCUT2D eigenvalue weighted by Gasteiger charge is 2.14. The Bertz CT molecular complexity index is 155. The molecule has 0 aliphatic rings. The van der Waals surface area contributed by atoms with Crippen LogP contribution in [0.1, 0.15) is 27.7 Å². The van der Waals surface area contributed by atoms with Gasteiger partial charge in [-0.3, -0.25) is 4.79 Å². The maximum absolute atomic E-state index is 10.0. The Hall–Kier alpha value is -0.900. The zero-order chi connectivity index (χ0) is 11.0. The predicted molar refractivity (Wildman–Crippen MR) is 51.4 cm³/mol. The van der Waals surface area contributed by atoms with Crippen LogP contribution in [0.25, 0.3) is 0 Å². The Morgan fingerprint density at radius 2 is 1.62 bits per heavy atom. The third kappa shape index (κ3) is 11.1. The molecule has 0 saturated carbocycles. The SMILES string of the molecule is CC(C)C(N)C(=O)O.CC(C)C=O. The van der Waals surface area contributed by atoms with E-state index < -0.39 is 12.0 Å². The molecule has 13 heavy (non-hydrogen) atoms. The molecule has 0 aromatic carbocycles. The Labute approximate surface area is 79.1 Å². The number of aliphatic carboxylic acids is 1. The first kappa shape index (κ1) is 14.6. The van der Waals surface area contributed by atoms with Gasteiger partial charge in [-0.25, -0.2) is 0 Å². The van der Waals surface area contributed by atoms with E-state index in [0.717, 1.165) is 6.29 Å². The number of hydrogen-bond donors (Lipinski definition) is 2. The zero-order valence-corrected chi connectivity index (χ0v) is 8.65. The van der Waals surface area contributed by atoms with Gasteiger partial charge in [-0.05, 0) is 5.92 Å². The van der Waals surface area contributed by atoms with Gasteiger partial charge in [0.15, 0.2) is 0 Å². The number of aldehydes is 1. The van der Waals surface area contributed by atoms with Crippen LogP contribution >= 0.6 is 0 Å². The lowest BCUT2D eigenvalue weighted by molar-refractivity contribution is -0.139. The minimum absolute atomic E-state index is 0.0208. The highest BCUT2D eigenvalue weighted by molar-refractivity contribution is 5.73. The van der Waals surface area contributed by atoms with E-state index in [9.17, 15) is 9.59 Å². The molecule has 0 rings (SSSR count). The molecule has 0 fully saturated rings. The number of carboxylic acids is 1. The molecule has 0 aliphatic carbocycles. The lowest BCUT2D eigenvalue weighted by Crippen LogP contribution is -2.34. The van der Waals surface area contributed by atoms with Crippen molar-refractivity contribution in [3.05, 3.63) is 0 Å². The molecule has 0 radical (unpaired) electrons. The maximum Gasteiger partial charge on any atom is 0.320 e. The van der Waals surface area contributed by atoms with E-state index in [-0.39, 0.29) is 11.8 Å². The van der Waals surface area contributed by atoms with Gasteiger partial charge in [-0.2, -0.15) is 0 Å². The summed E-state index contributed by atoms with van der Waals surface area (Å²) < 4.78 is 0. The lowest BCUT2D eigenvalue weighted by Gasteiger charge is -2.07. The van der Waals surface area contributed by atoms with Crippen molar-refractivity contribution >= 4 is 12.3 Å². The van der Waals surface area contributed by atoms with Gasteiger partial charge in [0.1, 0.15) is 12.3 Å². The molecule has 1 unspecified atom stereocenters. The van der Waals surface area contributed by atoms with Crippen molar-refractivity contribution in [2.75, 3.05) is 0 Å². The van der Waals surface area contributed by atoms with Gasteiger partial charge in [0.25, 0.3) is 0 Å². The molecular formula is C9H19NO3. The second kappa shape index (κ2) is 7.73. The zero-order valence-electron chi connectivity index (χ0n) is 8.65. The van der Waals surface area contributed by atoms with E-state index in [1.54, 1.807) is 13.8 Å². The van der Waals surface area contributed by atoms with Gasteiger partial charge in [0, 0.05) is 5.92 Å². The number of rotatable bonds is 3. The van der Waals surface area contributed by atoms with E-state index in [2.05, 4.69) is 0 Å². The van der Waals surface area contributed by atoms with Gasteiger partial charge in [0.2, 0.25) is 0 Å². The summed E-state index contributed by atoms with van der Waals surface area (Å²) in [5.41, 5.74) is 5.16. The Balaban J connectivity index is 0. The van der Waals surface area contributed by atoms with Gasteiger partial charge in [0.05, 0.1) is 0 Å². The summed E-state index contributed by atoms with van der Waals surface area (Å²) in [7, 11) is 0. The molecule has 1 atom stereocenters. The van der Waals surface area contributed by atoms with Gasteiger partial charge < -0.3 is 15.6 Å². The molecule has 0 aliphatic heterocycles. The Morgan fingerprint density at radius 3 is 1.62 bits per heavy atom. The summed E-state index contributed by atoms with van der Waals surface area (Å²) >= 11 is 0. The van der Waals surface area contributed by atoms with Crippen LogP contribution in [0.4, 0.5) is 0 Å². The first-order valence-corrected chi connectivity index (χ1v) is 4.26. The number of carbonyl (C=O) groups is 2. The fourth-order valence-electron chi connectivity index (χ4n) is 0.285. The molecule has 0 aromatic heterocycles. The molecule has 0 heterocycles. The van der Waals surface area contributed by atoms with Crippen molar-refractivity contribution in [1.29, 1.82) is 0 Å². The molecule has 0 saturated heterocycles. The summed E-state index contributed by atoms with van der Waals surface area (Å²) in [5.74, 6) is -0.706. The van der Waals surface area contributed by atoms with Crippen LogP contribution < -0.4 is 5.73 Å². The maximum atomic E-state index is 10.0. The van der Waals surface area contributed by atoms with E-state index in [4.69, 9.17) is 10.8 Å². The predicted octanol–water partition coefficient (Wildman–Crippen LogP) is 0.896. The summed E-state index contributed by atoms with van der Waals surface area (Å²) in [4.78, 5) is 19.5. The highest BCUT2D eigenvalue weighted by atomic mass is 16.4. The number of hydrogen-bond acceptors (Lipinski definition) is 3. The summed E-state index contributed by atoms with van der Waals surface area (Å²) in [6, 6.07) is -0.713. The third-order valence-corrected chi connectivity index (χ3v) is 1.28. The Morgan fingerprint density at radius 1 is 1.31 bits per heavy atom. The van der Waals surface area contributed by atoms with Crippen LogP contribution in [0.5, 0.6) is 0 Å². The fraction of sp³-hybridized carbons (Fsp3) is 0.778. The minimum atomic E-state index is -0.931. The van der Waals surface area contributed by atoms with Gasteiger partial charge in [-0.1, -0.05) is 27.7 Å². The van der Waals surface area contributed by atoms with E-state index in [1.807, 2.05) is 13.8 Å². The normalized spacial score (nSPS) is 11.9. The van der Waals surface area contributed by atoms with E-state index in [1.165, 1.54) is 0 Å². The number of carboxylic acid groups (broad SMARTS) is 1. The van der Waals surface area contributed by atoms with Crippen LogP contribution in [0.15, 0.2) is 0 Å². The summed E-state index contributed by atoms with van der Waals surface area (Å²) in [6.45, 7) is 7.26. The molecule has 0 bridgehead atoms. The smallest absolute Gasteiger partial charge is 0.320 e. The van der Waals surface area contributed by atoms with Crippen LogP contribution in [0, 0.1) is 11.8 Å². The topological polar surface area (TPSA) is 80.4 Å². The van der Waals surface area contributed by atoms with Crippen molar-refractivity contribution in [3.63, 3.8) is 0 Å². The molecule has 78 valence electrons. The number of carbonyl (C=O) groups excluding carboxylic acids is 1. The first-order chi connectivity index (χ1) is 5.82. The van der Waals surface area contributed by atoms with Crippen LogP contribution in [-0.4, -0.2) is 23.4 Å². The number of nitrogens with two attached hydrogens (primary N) is 1. The molecule has 0 aromatic rings.